The van der Waals surface area contributed by atoms with Crippen LogP contribution < -0.4 is 26.5 Å². The maximum absolute atomic E-state index is 13.5. The Labute approximate surface area is 224 Å². The molecule has 9 heteroatoms. The Morgan fingerprint density at radius 2 is 1.69 bits per heavy atom. The van der Waals surface area contributed by atoms with E-state index in [2.05, 4.69) is 40.4 Å². The standard InChI is InChI=1S/C30H30F3N5O/c1-36-14-16-37(17-15-36)25-9-7-24(8-10-25)34-29-19-21(20-29)18-23-6-11-27(39)38(28(23)35-29)13-12-22-4-2-3-5-26(22)30(31,32)33/h2-11,18-19,34H,12-17,20H2,1H3. The van der Waals surface area contributed by atoms with Crippen LogP contribution in [0.4, 0.5) is 24.5 Å². The number of anilines is 2. The second-order valence-electron chi connectivity index (χ2n) is 10.5. The number of nitrogens with zero attached hydrogens (tertiary/aromatic N) is 4. The van der Waals surface area contributed by atoms with Gasteiger partial charge in [0.1, 0.15) is 5.49 Å². The number of likely N-dealkylation sites (N-methyl/N-ethyl adjacent to an activating group) is 1. The van der Waals surface area contributed by atoms with E-state index in [4.69, 9.17) is 4.99 Å². The quantitative estimate of drug-likeness (QED) is 0.528. The van der Waals surface area contributed by atoms with Gasteiger partial charge in [0.15, 0.2) is 5.66 Å². The van der Waals surface area contributed by atoms with E-state index < -0.39 is 17.4 Å². The molecule has 7 rings (SSSR count). The molecular formula is C30H30F3N5O. The minimum absolute atomic E-state index is 0.0655. The normalized spacial score (nSPS) is 20.6. The molecule has 1 fully saturated rings. The molecule has 1 atom stereocenters. The summed E-state index contributed by atoms with van der Waals surface area (Å²) in [4.78, 5) is 22.6. The van der Waals surface area contributed by atoms with Gasteiger partial charge in [0.2, 0.25) is 0 Å². The zero-order valence-corrected chi connectivity index (χ0v) is 21.7. The lowest BCUT2D eigenvalue weighted by atomic mass is 9.86. The van der Waals surface area contributed by atoms with E-state index in [-0.39, 0.29) is 24.1 Å². The van der Waals surface area contributed by atoms with E-state index in [1.165, 1.54) is 28.5 Å². The fraction of sp³-hybridized carbons (Fsp3) is 0.333. The summed E-state index contributed by atoms with van der Waals surface area (Å²) in [5.41, 5.74) is 2.17. The molecular weight excluding hydrogens is 503 g/mol. The Kier molecular flexibility index (Phi) is 6.33. The van der Waals surface area contributed by atoms with E-state index in [1.807, 2.05) is 18.2 Å². The maximum atomic E-state index is 13.5. The zero-order valence-electron chi connectivity index (χ0n) is 21.7. The van der Waals surface area contributed by atoms with Crippen molar-refractivity contribution in [3.8, 4) is 0 Å². The third-order valence-electron chi connectivity index (χ3n) is 7.75. The number of halogens is 3. The molecule has 1 unspecified atom stereocenters. The number of pyridine rings is 1. The van der Waals surface area contributed by atoms with Gasteiger partial charge in [-0.25, -0.2) is 4.99 Å². The van der Waals surface area contributed by atoms with Gasteiger partial charge in [0, 0.05) is 61.8 Å². The Morgan fingerprint density at radius 1 is 0.974 bits per heavy atom. The zero-order chi connectivity index (χ0) is 27.2. The number of benzene rings is 2. The number of aromatic nitrogens is 1. The van der Waals surface area contributed by atoms with Crippen LogP contribution in [0.15, 0.2) is 82.1 Å². The Hall–Kier alpha value is -3.85. The van der Waals surface area contributed by atoms with Crippen molar-refractivity contribution in [2.24, 2.45) is 4.99 Å². The van der Waals surface area contributed by atoms with Crippen LogP contribution in [0.5, 0.6) is 0 Å². The number of rotatable bonds is 6. The van der Waals surface area contributed by atoms with Crippen molar-refractivity contribution in [3.63, 3.8) is 0 Å². The van der Waals surface area contributed by atoms with Crippen LogP contribution in [0.3, 0.4) is 0 Å². The first-order chi connectivity index (χ1) is 18.7. The molecule has 0 amide bonds. The Balaban J connectivity index is 1.28. The third kappa shape index (κ3) is 5.11. The molecule has 202 valence electrons. The van der Waals surface area contributed by atoms with Gasteiger partial charge in [0.05, 0.1) is 5.56 Å². The van der Waals surface area contributed by atoms with E-state index >= 15 is 0 Å². The van der Waals surface area contributed by atoms with E-state index in [1.54, 1.807) is 12.1 Å². The monoisotopic (exact) mass is 533 g/mol. The second kappa shape index (κ2) is 9.72. The van der Waals surface area contributed by atoms with Gasteiger partial charge in [-0.1, -0.05) is 18.2 Å². The molecule has 0 radical (unpaired) electrons. The van der Waals surface area contributed by atoms with E-state index in [0.29, 0.717) is 11.9 Å². The fourth-order valence-corrected chi connectivity index (χ4v) is 5.61. The molecule has 3 aliphatic heterocycles. The Bertz CT molecular complexity index is 1600. The topological polar surface area (TPSA) is 52.9 Å². The number of nitrogens with one attached hydrogen (secondary N) is 1. The van der Waals surface area contributed by atoms with Gasteiger partial charge in [-0.15, -0.1) is 0 Å². The molecule has 1 aromatic heterocycles. The van der Waals surface area contributed by atoms with Crippen molar-refractivity contribution >= 4 is 17.5 Å². The summed E-state index contributed by atoms with van der Waals surface area (Å²) >= 11 is 0. The second-order valence-corrected chi connectivity index (χ2v) is 10.5. The molecule has 39 heavy (non-hydrogen) atoms. The lowest BCUT2D eigenvalue weighted by Gasteiger charge is -2.36. The molecule has 0 spiro atoms. The van der Waals surface area contributed by atoms with Gasteiger partial charge >= 0.3 is 6.18 Å². The SMILES string of the molecule is CN1CCN(c2ccc(NC34C=C(C=c5ccc(=O)n(CCc6ccccc6C(F)(F)F)c5=N3)C4)cc2)CC1. The van der Waals surface area contributed by atoms with Crippen LogP contribution in [0.25, 0.3) is 6.08 Å². The molecule has 6 nitrogen and oxygen atoms in total. The molecule has 0 saturated carbocycles. The fourth-order valence-electron chi connectivity index (χ4n) is 5.61. The first-order valence-electron chi connectivity index (χ1n) is 13.2. The number of aryl methyl sites for hydroxylation is 1. The summed E-state index contributed by atoms with van der Waals surface area (Å²) < 4.78 is 42.1. The molecule has 2 aromatic carbocycles. The lowest BCUT2D eigenvalue weighted by Crippen LogP contribution is -2.47. The summed E-state index contributed by atoms with van der Waals surface area (Å²) in [6.07, 6.45) is 0.327. The predicted molar refractivity (Wildman–Crippen MR) is 146 cm³/mol. The van der Waals surface area contributed by atoms with E-state index in [9.17, 15) is 18.0 Å². The molecule has 2 bridgehead atoms. The average Bonchev–Trinajstić information content (AvgIpc) is 3.15. The highest BCUT2D eigenvalue weighted by molar-refractivity contribution is 5.62. The van der Waals surface area contributed by atoms with Crippen LogP contribution >= 0.6 is 0 Å². The summed E-state index contributed by atoms with van der Waals surface area (Å²) in [6.45, 7) is 4.15. The maximum Gasteiger partial charge on any atom is 0.416 e. The van der Waals surface area contributed by atoms with Gasteiger partial charge in [0.25, 0.3) is 5.56 Å². The van der Waals surface area contributed by atoms with Crippen molar-refractivity contribution in [1.29, 1.82) is 0 Å². The minimum atomic E-state index is -4.45. The van der Waals surface area contributed by atoms with Gasteiger partial charge < -0.3 is 15.1 Å². The number of alkyl halides is 3. The van der Waals surface area contributed by atoms with Crippen molar-refractivity contribution in [1.82, 2.24) is 9.47 Å². The first-order valence-corrected chi connectivity index (χ1v) is 13.2. The van der Waals surface area contributed by atoms with E-state index in [0.717, 1.165) is 48.7 Å². The smallest absolute Gasteiger partial charge is 0.369 e. The highest BCUT2D eigenvalue weighted by Gasteiger charge is 2.37. The number of hydrogen-bond donors (Lipinski definition) is 1. The summed E-state index contributed by atoms with van der Waals surface area (Å²) in [5.74, 6) is 0. The minimum Gasteiger partial charge on any atom is -0.369 e. The molecule has 4 aliphatic rings. The predicted octanol–water partition coefficient (Wildman–Crippen LogP) is 3.41. The van der Waals surface area contributed by atoms with Crippen molar-refractivity contribution in [2.45, 2.75) is 31.2 Å². The van der Waals surface area contributed by atoms with Crippen LogP contribution in [0.1, 0.15) is 17.5 Å². The average molecular weight is 534 g/mol. The van der Waals surface area contributed by atoms with Crippen molar-refractivity contribution in [2.75, 3.05) is 43.4 Å². The highest BCUT2D eigenvalue weighted by atomic mass is 19.4. The third-order valence-corrected chi connectivity index (χ3v) is 7.75. The van der Waals surface area contributed by atoms with Gasteiger partial charge in [-0.2, -0.15) is 13.2 Å². The lowest BCUT2D eigenvalue weighted by molar-refractivity contribution is -0.138. The highest BCUT2D eigenvalue weighted by Crippen LogP contribution is 2.37. The largest absolute Gasteiger partial charge is 0.416 e. The van der Waals surface area contributed by atoms with Crippen LogP contribution in [0, 0.1) is 0 Å². The molecule has 1 aliphatic carbocycles. The Morgan fingerprint density at radius 3 is 2.41 bits per heavy atom. The summed E-state index contributed by atoms with van der Waals surface area (Å²) in [6, 6.07) is 17.0. The summed E-state index contributed by atoms with van der Waals surface area (Å²) in [5, 5.41) is 4.33. The first kappa shape index (κ1) is 25.4. The van der Waals surface area contributed by atoms with Crippen LogP contribution in [-0.2, 0) is 19.1 Å². The van der Waals surface area contributed by atoms with Gasteiger partial charge in [-0.05, 0) is 73.2 Å². The van der Waals surface area contributed by atoms with Crippen LogP contribution in [-0.4, -0.2) is 48.4 Å². The number of hydrogen-bond acceptors (Lipinski definition) is 5. The molecule has 1 saturated heterocycles. The van der Waals surface area contributed by atoms with Crippen LogP contribution in [0.2, 0.25) is 0 Å². The molecule has 4 heterocycles. The van der Waals surface area contributed by atoms with Crippen molar-refractivity contribution < 1.29 is 13.2 Å². The van der Waals surface area contributed by atoms with Crippen molar-refractivity contribution in [3.05, 3.63) is 104 Å². The van der Waals surface area contributed by atoms with Gasteiger partial charge in [-0.3, -0.25) is 9.36 Å². The summed E-state index contributed by atoms with van der Waals surface area (Å²) in [7, 11) is 2.14. The molecule has 3 aromatic rings. The molecule has 1 N–H and O–H groups in total. The number of piperazine rings is 1.